The zero-order valence-electron chi connectivity index (χ0n) is 14.0. The van der Waals surface area contributed by atoms with E-state index in [1.165, 1.54) is 0 Å². The molecule has 2 N–H and O–H groups in total. The molecular weight excluding hydrogens is 310 g/mol. The van der Waals surface area contributed by atoms with Gasteiger partial charge in [0.2, 0.25) is 5.91 Å². The fourth-order valence-corrected chi connectivity index (χ4v) is 4.32. The second kappa shape index (κ2) is 6.71. The summed E-state index contributed by atoms with van der Waals surface area (Å²) in [6, 6.07) is 5.46. The van der Waals surface area contributed by atoms with E-state index in [0.717, 1.165) is 24.8 Å². The van der Waals surface area contributed by atoms with Crippen LogP contribution >= 0.6 is 0 Å². The summed E-state index contributed by atoms with van der Waals surface area (Å²) in [5, 5.41) is 12.4. The standard InChI is InChI=1S/C18H23NO5/c1-23-13-6-3-10(7-14(13)24-2)9-19-17(20)15-11-4-5-12(8-11)16(15)18(21)22/h3,6-7,11-12,15-16H,4-5,8-9H2,1-2H3,(H,19,20)(H,21,22)/t11-,12-,15+,16+/m0/s1. The van der Waals surface area contributed by atoms with Crippen molar-refractivity contribution in [2.45, 2.75) is 25.8 Å². The third-order valence-electron chi connectivity index (χ3n) is 5.42. The van der Waals surface area contributed by atoms with Crippen LogP contribution in [0.5, 0.6) is 11.5 Å². The third kappa shape index (κ3) is 2.92. The number of fused-ring (bicyclic) bond motifs is 2. The van der Waals surface area contributed by atoms with Gasteiger partial charge in [-0.05, 0) is 48.8 Å². The number of hydrogen-bond donors (Lipinski definition) is 2. The van der Waals surface area contributed by atoms with E-state index < -0.39 is 17.8 Å². The second-order valence-corrected chi connectivity index (χ2v) is 6.63. The molecule has 0 unspecified atom stereocenters. The Hall–Kier alpha value is -2.24. The molecule has 1 aromatic rings. The first-order chi connectivity index (χ1) is 11.5. The van der Waals surface area contributed by atoms with Crippen LogP contribution in [0, 0.1) is 23.7 Å². The monoisotopic (exact) mass is 333 g/mol. The molecule has 2 bridgehead atoms. The van der Waals surface area contributed by atoms with Crippen molar-refractivity contribution < 1.29 is 24.2 Å². The molecule has 0 heterocycles. The second-order valence-electron chi connectivity index (χ2n) is 6.63. The fraction of sp³-hybridized carbons (Fsp3) is 0.556. The van der Waals surface area contributed by atoms with Crippen LogP contribution in [-0.2, 0) is 16.1 Å². The first-order valence-corrected chi connectivity index (χ1v) is 8.26. The Morgan fingerprint density at radius 3 is 2.42 bits per heavy atom. The van der Waals surface area contributed by atoms with E-state index in [1.54, 1.807) is 20.3 Å². The van der Waals surface area contributed by atoms with Gasteiger partial charge < -0.3 is 19.9 Å². The van der Waals surface area contributed by atoms with Crippen LogP contribution in [0.4, 0.5) is 0 Å². The van der Waals surface area contributed by atoms with Gasteiger partial charge in [0.05, 0.1) is 26.1 Å². The molecule has 4 atom stereocenters. The van der Waals surface area contributed by atoms with Crippen LogP contribution in [0.3, 0.4) is 0 Å². The van der Waals surface area contributed by atoms with Gasteiger partial charge in [-0.15, -0.1) is 0 Å². The zero-order valence-corrected chi connectivity index (χ0v) is 14.0. The van der Waals surface area contributed by atoms with Gasteiger partial charge in [0.15, 0.2) is 11.5 Å². The number of hydrogen-bond acceptors (Lipinski definition) is 4. The minimum Gasteiger partial charge on any atom is -0.493 e. The number of rotatable bonds is 6. The molecule has 24 heavy (non-hydrogen) atoms. The van der Waals surface area contributed by atoms with Gasteiger partial charge in [-0.3, -0.25) is 9.59 Å². The Balaban J connectivity index is 1.66. The van der Waals surface area contributed by atoms with Gasteiger partial charge in [-0.25, -0.2) is 0 Å². The first kappa shape index (κ1) is 16.6. The molecule has 1 aromatic carbocycles. The lowest BCUT2D eigenvalue weighted by molar-refractivity contribution is -0.149. The highest BCUT2D eigenvalue weighted by atomic mass is 16.5. The molecule has 2 aliphatic carbocycles. The number of carboxylic acid groups (broad SMARTS) is 1. The molecule has 0 saturated heterocycles. The van der Waals surface area contributed by atoms with Gasteiger partial charge in [0, 0.05) is 6.54 Å². The van der Waals surface area contributed by atoms with Gasteiger partial charge >= 0.3 is 5.97 Å². The zero-order chi connectivity index (χ0) is 17.3. The van der Waals surface area contributed by atoms with Crippen molar-refractivity contribution in [1.29, 1.82) is 0 Å². The number of amides is 1. The maximum atomic E-state index is 12.6. The maximum Gasteiger partial charge on any atom is 0.307 e. The van der Waals surface area contributed by atoms with Crippen molar-refractivity contribution in [1.82, 2.24) is 5.32 Å². The quantitative estimate of drug-likeness (QED) is 0.832. The summed E-state index contributed by atoms with van der Waals surface area (Å²) in [5.74, 6) is -0.321. The minimum atomic E-state index is -0.839. The highest BCUT2D eigenvalue weighted by Crippen LogP contribution is 2.52. The summed E-state index contributed by atoms with van der Waals surface area (Å²) in [4.78, 5) is 24.1. The van der Waals surface area contributed by atoms with E-state index in [2.05, 4.69) is 5.32 Å². The lowest BCUT2D eigenvalue weighted by Crippen LogP contribution is -2.41. The molecular formula is C18H23NO5. The molecule has 0 aromatic heterocycles. The normalized spacial score (nSPS) is 27.8. The summed E-state index contributed by atoms with van der Waals surface area (Å²) in [6.45, 7) is 0.347. The molecule has 0 spiro atoms. The molecule has 0 radical (unpaired) electrons. The number of benzene rings is 1. The van der Waals surface area contributed by atoms with Crippen LogP contribution in [0.2, 0.25) is 0 Å². The molecule has 0 aliphatic heterocycles. The Morgan fingerprint density at radius 1 is 1.12 bits per heavy atom. The Kier molecular flexibility index (Phi) is 4.64. The number of nitrogens with one attached hydrogen (secondary N) is 1. The highest BCUT2D eigenvalue weighted by Gasteiger charge is 2.53. The Morgan fingerprint density at radius 2 is 1.79 bits per heavy atom. The van der Waals surface area contributed by atoms with Crippen LogP contribution in [0.1, 0.15) is 24.8 Å². The van der Waals surface area contributed by atoms with Crippen LogP contribution in [-0.4, -0.2) is 31.2 Å². The number of carboxylic acids is 1. The van der Waals surface area contributed by atoms with E-state index in [4.69, 9.17) is 9.47 Å². The molecule has 130 valence electrons. The number of ether oxygens (including phenoxy) is 2. The van der Waals surface area contributed by atoms with Gasteiger partial charge in [-0.2, -0.15) is 0 Å². The average molecular weight is 333 g/mol. The van der Waals surface area contributed by atoms with Gasteiger partial charge in [0.25, 0.3) is 0 Å². The first-order valence-electron chi connectivity index (χ1n) is 8.26. The third-order valence-corrected chi connectivity index (χ3v) is 5.42. The van der Waals surface area contributed by atoms with Crippen molar-refractivity contribution in [3.63, 3.8) is 0 Å². The van der Waals surface area contributed by atoms with E-state index >= 15 is 0 Å². The van der Waals surface area contributed by atoms with Crippen LogP contribution < -0.4 is 14.8 Å². The lowest BCUT2D eigenvalue weighted by Gasteiger charge is -2.27. The van der Waals surface area contributed by atoms with Gasteiger partial charge in [0.1, 0.15) is 0 Å². The largest absolute Gasteiger partial charge is 0.493 e. The molecule has 2 saturated carbocycles. The average Bonchev–Trinajstić information content (AvgIpc) is 3.20. The number of methoxy groups -OCH3 is 2. The Bertz CT molecular complexity index is 644. The van der Waals surface area contributed by atoms with E-state index in [9.17, 15) is 14.7 Å². The van der Waals surface area contributed by atoms with Crippen molar-refractivity contribution in [2.24, 2.45) is 23.7 Å². The van der Waals surface area contributed by atoms with Gasteiger partial charge in [-0.1, -0.05) is 6.07 Å². The topological polar surface area (TPSA) is 84.9 Å². The van der Waals surface area contributed by atoms with E-state index in [-0.39, 0.29) is 17.7 Å². The predicted octanol–water partition coefficient (Wildman–Crippen LogP) is 2.07. The number of aliphatic carboxylic acids is 1. The Labute approximate surface area is 141 Å². The van der Waals surface area contributed by atoms with Crippen molar-refractivity contribution in [3.05, 3.63) is 23.8 Å². The SMILES string of the molecule is COc1ccc(CNC(=O)[C@@H]2[C@H]3CC[C@@H](C3)[C@H]2C(=O)O)cc1OC. The minimum absolute atomic E-state index is 0.149. The highest BCUT2D eigenvalue weighted by molar-refractivity contribution is 5.86. The summed E-state index contributed by atoms with van der Waals surface area (Å²) >= 11 is 0. The van der Waals surface area contributed by atoms with Crippen LogP contribution in [0.15, 0.2) is 18.2 Å². The molecule has 2 aliphatic rings. The van der Waals surface area contributed by atoms with Crippen molar-refractivity contribution in [2.75, 3.05) is 14.2 Å². The van der Waals surface area contributed by atoms with Crippen molar-refractivity contribution in [3.8, 4) is 11.5 Å². The number of carbonyl (C=O) groups is 2. The molecule has 6 heteroatoms. The number of carbonyl (C=O) groups excluding carboxylic acids is 1. The summed E-state index contributed by atoms with van der Waals surface area (Å²) in [7, 11) is 3.13. The predicted molar refractivity (Wildman–Crippen MR) is 86.8 cm³/mol. The van der Waals surface area contributed by atoms with Crippen LogP contribution in [0.25, 0.3) is 0 Å². The molecule has 1 amide bonds. The molecule has 6 nitrogen and oxygen atoms in total. The van der Waals surface area contributed by atoms with Crippen molar-refractivity contribution >= 4 is 11.9 Å². The van der Waals surface area contributed by atoms with E-state index in [0.29, 0.717) is 18.0 Å². The molecule has 2 fully saturated rings. The summed E-state index contributed by atoms with van der Waals surface area (Å²) in [6.07, 6.45) is 2.76. The summed E-state index contributed by atoms with van der Waals surface area (Å²) in [5.41, 5.74) is 0.885. The van der Waals surface area contributed by atoms with E-state index in [1.807, 2.05) is 12.1 Å². The maximum absolute atomic E-state index is 12.6. The molecule has 3 rings (SSSR count). The summed E-state index contributed by atoms with van der Waals surface area (Å²) < 4.78 is 10.5. The fourth-order valence-electron chi connectivity index (χ4n) is 4.32. The smallest absolute Gasteiger partial charge is 0.307 e. The lowest BCUT2D eigenvalue weighted by atomic mass is 9.78.